The topological polar surface area (TPSA) is 61.4 Å². The van der Waals surface area contributed by atoms with Crippen LogP contribution in [0.4, 0.5) is 5.69 Å². The molecule has 2 aromatic carbocycles. The van der Waals surface area contributed by atoms with Crippen molar-refractivity contribution in [3.8, 4) is 0 Å². The zero-order valence-corrected chi connectivity index (χ0v) is 18.0. The standard InChI is InChI=1S/C22H29N3O2S/c1-15-10-11-18(12-16(15)2)17(3)23-21(26)13-25(4)14-22(27)24-19-8-6-7-9-20(19)28-5/h6-12,17H,13-14H2,1-5H3,(H,23,26)(H,24,27). The smallest absolute Gasteiger partial charge is 0.238 e. The van der Waals surface area contributed by atoms with Crippen LogP contribution < -0.4 is 10.6 Å². The number of hydrogen-bond acceptors (Lipinski definition) is 4. The zero-order chi connectivity index (χ0) is 20.7. The number of nitrogens with one attached hydrogen (secondary N) is 2. The maximum absolute atomic E-state index is 12.3. The molecule has 6 heteroatoms. The van der Waals surface area contributed by atoms with Crippen molar-refractivity contribution in [1.82, 2.24) is 10.2 Å². The Morgan fingerprint density at radius 3 is 2.39 bits per heavy atom. The van der Waals surface area contributed by atoms with Gasteiger partial charge in [0.05, 0.1) is 24.8 Å². The van der Waals surface area contributed by atoms with E-state index >= 15 is 0 Å². The third-order valence-electron chi connectivity index (χ3n) is 4.62. The Kier molecular flexibility index (Phi) is 8.08. The summed E-state index contributed by atoms with van der Waals surface area (Å²) in [7, 11) is 1.76. The third kappa shape index (κ3) is 6.39. The van der Waals surface area contributed by atoms with Gasteiger partial charge in [-0.15, -0.1) is 11.8 Å². The molecule has 0 saturated carbocycles. The van der Waals surface area contributed by atoms with E-state index in [-0.39, 0.29) is 30.9 Å². The van der Waals surface area contributed by atoms with E-state index in [4.69, 9.17) is 0 Å². The van der Waals surface area contributed by atoms with E-state index in [1.165, 1.54) is 11.1 Å². The Morgan fingerprint density at radius 2 is 1.71 bits per heavy atom. The summed E-state index contributed by atoms with van der Waals surface area (Å²) in [5, 5.41) is 5.91. The second kappa shape index (κ2) is 10.3. The summed E-state index contributed by atoms with van der Waals surface area (Å²) in [6, 6.07) is 13.8. The van der Waals surface area contributed by atoms with Crippen molar-refractivity contribution in [3.05, 3.63) is 59.2 Å². The molecule has 1 unspecified atom stereocenters. The number of hydrogen-bond donors (Lipinski definition) is 2. The predicted molar refractivity (Wildman–Crippen MR) is 117 cm³/mol. The van der Waals surface area contributed by atoms with Gasteiger partial charge >= 0.3 is 0 Å². The third-order valence-corrected chi connectivity index (χ3v) is 5.41. The van der Waals surface area contributed by atoms with Crippen molar-refractivity contribution in [1.29, 1.82) is 0 Å². The van der Waals surface area contributed by atoms with E-state index in [2.05, 4.69) is 36.6 Å². The highest BCUT2D eigenvalue weighted by Gasteiger charge is 2.15. The quantitative estimate of drug-likeness (QED) is 0.664. The Bertz CT molecular complexity index is 838. The van der Waals surface area contributed by atoms with Crippen LogP contribution in [0.1, 0.15) is 29.7 Å². The molecule has 2 aromatic rings. The van der Waals surface area contributed by atoms with E-state index in [0.29, 0.717) is 0 Å². The summed E-state index contributed by atoms with van der Waals surface area (Å²) in [6.45, 7) is 6.41. The summed E-state index contributed by atoms with van der Waals surface area (Å²) >= 11 is 1.58. The van der Waals surface area contributed by atoms with Gasteiger partial charge in [-0.3, -0.25) is 14.5 Å². The molecule has 0 aromatic heterocycles. The minimum atomic E-state index is -0.140. The average Bonchev–Trinajstić information content (AvgIpc) is 2.63. The summed E-state index contributed by atoms with van der Waals surface area (Å²) < 4.78 is 0. The van der Waals surface area contributed by atoms with Gasteiger partial charge < -0.3 is 10.6 Å². The van der Waals surface area contributed by atoms with E-state index in [1.54, 1.807) is 23.7 Å². The van der Waals surface area contributed by atoms with Crippen LogP contribution >= 0.6 is 11.8 Å². The van der Waals surface area contributed by atoms with Gasteiger partial charge in [0.25, 0.3) is 0 Å². The fourth-order valence-corrected chi connectivity index (χ4v) is 3.44. The molecule has 0 heterocycles. The second-order valence-electron chi connectivity index (χ2n) is 7.05. The normalized spacial score (nSPS) is 11.9. The molecular weight excluding hydrogens is 370 g/mol. The van der Waals surface area contributed by atoms with Crippen molar-refractivity contribution in [2.24, 2.45) is 0 Å². The lowest BCUT2D eigenvalue weighted by molar-refractivity contribution is -0.123. The van der Waals surface area contributed by atoms with Crippen molar-refractivity contribution >= 4 is 29.3 Å². The number of benzene rings is 2. The van der Waals surface area contributed by atoms with Gasteiger partial charge in [-0.1, -0.05) is 30.3 Å². The van der Waals surface area contributed by atoms with Gasteiger partial charge in [-0.2, -0.15) is 0 Å². The number of carbonyl (C=O) groups excluding carboxylic acids is 2. The fourth-order valence-electron chi connectivity index (χ4n) is 2.89. The molecule has 0 bridgehead atoms. The van der Waals surface area contributed by atoms with Gasteiger partial charge in [0.15, 0.2) is 0 Å². The van der Waals surface area contributed by atoms with Crippen molar-refractivity contribution in [3.63, 3.8) is 0 Å². The number of likely N-dealkylation sites (N-methyl/N-ethyl adjacent to an activating group) is 1. The summed E-state index contributed by atoms with van der Waals surface area (Å²) in [4.78, 5) is 27.4. The molecule has 0 spiro atoms. The molecule has 0 saturated heterocycles. The highest BCUT2D eigenvalue weighted by Crippen LogP contribution is 2.24. The Hall–Kier alpha value is -2.31. The lowest BCUT2D eigenvalue weighted by Gasteiger charge is -2.20. The van der Waals surface area contributed by atoms with Crippen LogP contribution in [0.2, 0.25) is 0 Å². The van der Waals surface area contributed by atoms with Gasteiger partial charge in [0, 0.05) is 4.90 Å². The SMILES string of the molecule is CSc1ccccc1NC(=O)CN(C)CC(=O)NC(C)c1ccc(C)c(C)c1. The average molecular weight is 400 g/mol. The Balaban J connectivity index is 1.84. The number of nitrogens with zero attached hydrogens (tertiary/aromatic N) is 1. The molecule has 2 amide bonds. The molecule has 0 radical (unpaired) electrons. The molecule has 2 N–H and O–H groups in total. The van der Waals surface area contributed by atoms with Crippen LogP contribution in [0.3, 0.4) is 0 Å². The first kappa shape index (κ1) is 22.0. The largest absolute Gasteiger partial charge is 0.348 e. The van der Waals surface area contributed by atoms with E-state index < -0.39 is 0 Å². The van der Waals surface area contributed by atoms with Crippen molar-refractivity contribution in [2.75, 3.05) is 31.7 Å². The monoisotopic (exact) mass is 399 g/mol. The molecule has 2 rings (SSSR count). The molecule has 0 aliphatic heterocycles. The number of anilines is 1. The van der Waals surface area contributed by atoms with Crippen LogP contribution in [0.25, 0.3) is 0 Å². The van der Waals surface area contributed by atoms with Crippen LogP contribution in [0.5, 0.6) is 0 Å². The molecule has 150 valence electrons. The first-order valence-electron chi connectivity index (χ1n) is 9.28. The van der Waals surface area contributed by atoms with Crippen LogP contribution in [-0.4, -0.2) is 43.1 Å². The lowest BCUT2D eigenvalue weighted by atomic mass is 10.0. The number of aryl methyl sites for hydroxylation is 2. The minimum absolute atomic E-state index is 0.0810. The number of amides is 2. The number of rotatable bonds is 8. The molecule has 0 aliphatic rings. The van der Waals surface area contributed by atoms with E-state index in [0.717, 1.165) is 16.1 Å². The highest BCUT2D eigenvalue weighted by atomic mass is 32.2. The maximum Gasteiger partial charge on any atom is 0.238 e. The van der Waals surface area contributed by atoms with Gasteiger partial charge in [-0.25, -0.2) is 0 Å². The van der Waals surface area contributed by atoms with Crippen LogP contribution in [-0.2, 0) is 9.59 Å². The second-order valence-corrected chi connectivity index (χ2v) is 7.90. The Labute approximate surface area is 171 Å². The Morgan fingerprint density at radius 1 is 1.04 bits per heavy atom. The van der Waals surface area contributed by atoms with Crippen LogP contribution in [0, 0.1) is 13.8 Å². The first-order chi connectivity index (χ1) is 13.3. The lowest BCUT2D eigenvalue weighted by Crippen LogP contribution is -2.39. The maximum atomic E-state index is 12.3. The van der Waals surface area contributed by atoms with Crippen molar-refractivity contribution < 1.29 is 9.59 Å². The highest BCUT2D eigenvalue weighted by molar-refractivity contribution is 7.98. The number of thioether (sulfide) groups is 1. The first-order valence-corrected chi connectivity index (χ1v) is 10.5. The zero-order valence-electron chi connectivity index (χ0n) is 17.2. The van der Waals surface area contributed by atoms with Gasteiger partial charge in [0.2, 0.25) is 11.8 Å². The molecule has 5 nitrogen and oxygen atoms in total. The van der Waals surface area contributed by atoms with E-state index in [9.17, 15) is 9.59 Å². The minimum Gasteiger partial charge on any atom is -0.348 e. The molecular formula is C22H29N3O2S. The summed E-state index contributed by atoms with van der Waals surface area (Å²) in [6.07, 6.45) is 1.97. The number of para-hydroxylation sites is 1. The summed E-state index contributed by atoms with van der Waals surface area (Å²) in [5.41, 5.74) is 4.31. The molecule has 28 heavy (non-hydrogen) atoms. The van der Waals surface area contributed by atoms with Crippen molar-refractivity contribution in [2.45, 2.75) is 31.7 Å². The molecule has 0 fully saturated rings. The molecule has 0 aliphatic carbocycles. The van der Waals surface area contributed by atoms with Gasteiger partial charge in [-0.05, 0) is 62.9 Å². The summed E-state index contributed by atoms with van der Waals surface area (Å²) in [5.74, 6) is -0.246. The number of carbonyl (C=O) groups is 2. The van der Waals surface area contributed by atoms with Gasteiger partial charge in [0.1, 0.15) is 0 Å². The predicted octanol–water partition coefficient (Wildman–Crippen LogP) is 3.77. The fraction of sp³-hybridized carbons (Fsp3) is 0.364. The van der Waals surface area contributed by atoms with Crippen LogP contribution in [0.15, 0.2) is 47.4 Å². The molecule has 1 atom stereocenters. The van der Waals surface area contributed by atoms with E-state index in [1.807, 2.05) is 43.5 Å².